The molecule has 0 amide bonds. The van der Waals surface area contributed by atoms with Crippen LogP contribution in [0.15, 0.2) is 0 Å². The van der Waals surface area contributed by atoms with Crippen molar-refractivity contribution < 1.29 is 10.2 Å². The van der Waals surface area contributed by atoms with Crippen molar-refractivity contribution >= 4 is 0 Å². The van der Waals surface area contributed by atoms with Crippen LogP contribution in [0, 0.1) is 17.8 Å². The molecule has 13 heavy (non-hydrogen) atoms. The Hall–Kier alpha value is -0.560. The van der Waals surface area contributed by atoms with Gasteiger partial charge in [0.05, 0.1) is 6.10 Å². The Balaban J connectivity index is 2.04. The van der Waals surface area contributed by atoms with Gasteiger partial charge in [-0.1, -0.05) is 11.8 Å². The van der Waals surface area contributed by atoms with Gasteiger partial charge in [-0.2, -0.15) is 0 Å². The van der Waals surface area contributed by atoms with Crippen molar-refractivity contribution in [2.45, 2.75) is 30.9 Å². The molecule has 0 bridgehead atoms. The Morgan fingerprint density at radius 1 is 1.46 bits per heavy atom. The summed E-state index contributed by atoms with van der Waals surface area (Å²) in [5.74, 6) is 5.95. The molecule has 72 valence electrons. The molecule has 1 spiro atoms. The summed E-state index contributed by atoms with van der Waals surface area (Å²) >= 11 is 0. The van der Waals surface area contributed by atoms with Gasteiger partial charge in [0.2, 0.25) is 0 Å². The number of hydrogen-bond acceptors (Lipinski definition) is 3. The fourth-order valence-corrected chi connectivity index (χ4v) is 2.05. The minimum Gasteiger partial charge on any atom is -0.392 e. The first-order valence-electron chi connectivity index (χ1n) is 4.79. The topological polar surface area (TPSA) is 52.5 Å². The van der Waals surface area contributed by atoms with Gasteiger partial charge in [0.1, 0.15) is 6.61 Å². The van der Waals surface area contributed by atoms with Crippen molar-refractivity contribution in [2.24, 2.45) is 5.92 Å². The minimum atomic E-state index is -0.274. The molecule has 2 fully saturated rings. The summed E-state index contributed by atoms with van der Waals surface area (Å²) in [6, 6.07) is 0. The molecule has 0 aromatic heterocycles. The minimum absolute atomic E-state index is 0.0807. The highest BCUT2D eigenvalue weighted by atomic mass is 16.3. The summed E-state index contributed by atoms with van der Waals surface area (Å²) < 4.78 is 0. The van der Waals surface area contributed by atoms with Crippen molar-refractivity contribution in [3.63, 3.8) is 0 Å². The second kappa shape index (κ2) is 3.30. The third-order valence-corrected chi connectivity index (χ3v) is 3.01. The van der Waals surface area contributed by atoms with Crippen LogP contribution in [-0.2, 0) is 0 Å². The Labute approximate surface area is 78.1 Å². The van der Waals surface area contributed by atoms with Gasteiger partial charge in [-0.05, 0) is 19.3 Å². The van der Waals surface area contributed by atoms with Gasteiger partial charge in [-0.25, -0.2) is 0 Å². The van der Waals surface area contributed by atoms with Gasteiger partial charge in [-0.15, -0.1) is 0 Å². The van der Waals surface area contributed by atoms with Gasteiger partial charge in [0.15, 0.2) is 0 Å². The highest BCUT2D eigenvalue weighted by Crippen LogP contribution is 2.45. The SMILES string of the molecule is OCC#CC1CC(O)CNC12CC2. The number of aliphatic hydroxyl groups excluding tert-OH is 2. The Bertz CT molecular complexity index is 249. The summed E-state index contributed by atoms with van der Waals surface area (Å²) in [5, 5.41) is 21.4. The molecule has 0 aromatic rings. The van der Waals surface area contributed by atoms with Crippen LogP contribution in [0.4, 0.5) is 0 Å². The molecule has 3 N–H and O–H groups in total. The number of nitrogens with one attached hydrogen (secondary N) is 1. The molecule has 0 aromatic carbocycles. The van der Waals surface area contributed by atoms with E-state index in [9.17, 15) is 5.11 Å². The van der Waals surface area contributed by atoms with Crippen LogP contribution in [0.25, 0.3) is 0 Å². The molecule has 1 aliphatic heterocycles. The van der Waals surface area contributed by atoms with Crippen molar-refractivity contribution in [3.8, 4) is 11.8 Å². The molecule has 0 radical (unpaired) electrons. The number of rotatable bonds is 0. The maximum atomic E-state index is 9.45. The average molecular weight is 181 g/mol. The molecule has 1 heterocycles. The number of piperidine rings is 1. The molecule has 1 saturated heterocycles. The molecule has 2 atom stereocenters. The Morgan fingerprint density at radius 2 is 2.23 bits per heavy atom. The molecular formula is C10H15NO2. The smallest absolute Gasteiger partial charge is 0.104 e. The molecule has 2 aliphatic rings. The van der Waals surface area contributed by atoms with Gasteiger partial charge in [-0.3, -0.25) is 0 Å². The third kappa shape index (κ3) is 1.71. The van der Waals surface area contributed by atoms with Gasteiger partial charge in [0.25, 0.3) is 0 Å². The molecule has 3 heteroatoms. The van der Waals surface area contributed by atoms with Gasteiger partial charge in [0, 0.05) is 18.0 Å². The number of β-amino-alcohol motifs (C(OH)–C–C–N with tert-alkyl or cyclic N) is 1. The van der Waals surface area contributed by atoms with E-state index < -0.39 is 0 Å². The molecule has 2 unspecified atom stereocenters. The van der Waals surface area contributed by atoms with Crippen molar-refractivity contribution in [3.05, 3.63) is 0 Å². The lowest BCUT2D eigenvalue weighted by Gasteiger charge is -2.32. The van der Waals surface area contributed by atoms with Crippen molar-refractivity contribution in [1.29, 1.82) is 0 Å². The van der Waals surface area contributed by atoms with E-state index in [1.54, 1.807) is 0 Å². The van der Waals surface area contributed by atoms with Crippen LogP contribution in [-0.4, -0.2) is 35.0 Å². The van der Waals surface area contributed by atoms with Crippen molar-refractivity contribution in [2.75, 3.05) is 13.2 Å². The Kier molecular flexibility index (Phi) is 2.29. The van der Waals surface area contributed by atoms with E-state index in [0.29, 0.717) is 6.54 Å². The second-order valence-electron chi connectivity index (χ2n) is 3.96. The van der Waals surface area contributed by atoms with E-state index in [4.69, 9.17) is 5.11 Å². The van der Waals surface area contributed by atoms with E-state index in [0.717, 1.165) is 19.3 Å². The average Bonchev–Trinajstić information content (AvgIpc) is 2.89. The lowest BCUT2D eigenvalue weighted by Crippen LogP contribution is -2.49. The third-order valence-electron chi connectivity index (χ3n) is 3.01. The standard InChI is InChI=1S/C10H15NO2/c12-5-1-2-8-6-9(13)7-11-10(8)3-4-10/h8-9,11-13H,3-7H2. The highest BCUT2D eigenvalue weighted by molar-refractivity contribution is 5.21. The second-order valence-corrected chi connectivity index (χ2v) is 3.96. The number of hydrogen-bond donors (Lipinski definition) is 3. The first-order valence-corrected chi connectivity index (χ1v) is 4.79. The van der Waals surface area contributed by atoms with E-state index >= 15 is 0 Å². The monoisotopic (exact) mass is 181 g/mol. The normalized spacial score (nSPS) is 35.2. The zero-order valence-electron chi connectivity index (χ0n) is 7.58. The van der Waals surface area contributed by atoms with Crippen LogP contribution in [0.2, 0.25) is 0 Å². The maximum absolute atomic E-state index is 9.45. The van der Waals surface area contributed by atoms with E-state index in [1.165, 1.54) is 0 Å². The Morgan fingerprint density at radius 3 is 2.85 bits per heavy atom. The van der Waals surface area contributed by atoms with E-state index in [-0.39, 0.29) is 24.2 Å². The fourth-order valence-electron chi connectivity index (χ4n) is 2.05. The van der Waals surface area contributed by atoms with E-state index in [1.807, 2.05) is 0 Å². The van der Waals surface area contributed by atoms with Crippen LogP contribution >= 0.6 is 0 Å². The lowest BCUT2D eigenvalue weighted by molar-refractivity contribution is 0.101. The predicted octanol–water partition coefficient (Wildman–Crippen LogP) is -0.515. The molecular weight excluding hydrogens is 166 g/mol. The largest absolute Gasteiger partial charge is 0.392 e. The summed E-state index contributed by atoms with van der Waals surface area (Å²) in [6.45, 7) is 0.611. The van der Waals surface area contributed by atoms with Crippen LogP contribution in [0.5, 0.6) is 0 Å². The van der Waals surface area contributed by atoms with Crippen LogP contribution in [0.3, 0.4) is 0 Å². The maximum Gasteiger partial charge on any atom is 0.104 e. The highest BCUT2D eigenvalue weighted by Gasteiger charge is 2.51. The van der Waals surface area contributed by atoms with Gasteiger partial charge >= 0.3 is 0 Å². The lowest BCUT2D eigenvalue weighted by atomic mass is 9.87. The van der Waals surface area contributed by atoms with Crippen LogP contribution in [0.1, 0.15) is 19.3 Å². The summed E-state index contributed by atoms with van der Waals surface area (Å²) in [4.78, 5) is 0. The predicted molar refractivity (Wildman–Crippen MR) is 48.9 cm³/mol. The van der Waals surface area contributed by atoms with Crippen molar-refractivity contribution in [1.82, 2.24) is 5.32 Å². The quantitative estimate of drug-likeness (QED) is 0.441. The van der Waals surface area contributed by atoms with Crippen LogP contribution < -0.4 is 5.32 Å². The summed E-state index contributed by atoms with van der Waals surface area (Å²) in [6.07, 6.45) is 2.79. The fraction of sp³-hybridized carbons (Fsp3) is 0.800. The summed E-state index contributed by atoms with van der Waals surface area (Å²) in [5.41, 5.74) is 0.182. The molecule has 3 nitrogen and oxygen atoms in total. The van der Waals surface area contributed by atoms with Gasteiger partial charge < -0.3 is 15.5 Å². The molecule has 2 rings (SSSR count). The number of aliphatic hydroxyl groups is 2. The molecule has 1 aliphatic carbocycles. The molecule has 1 saturated carbocycles. The van der Waals surface area contributed by atoms with E-state index in [2.05, 4.69) is 17.2 Å². The zero-order valence-corrected chi connectivity index (χ0v) is 7.58. The summed E-state index contributed by atoms with van der Waals surface area (Å²) in [7, 11) is 0. The first kappa shape index (κ1) is 9.01. The first-order chi connectivity index (χ1) is 6.27. The zero-order chi connectivity index (χ0) is 9.31.